The van der Waals surface area contributed by atoms with Crippen LogP contribution in [0.4, 0.5) is 4.39 Å². The summed E-state index contributed by atoms with van der Waals surface area (Å²) in [4.78, 5) is 13.8. The zero-order valence-corrected chi connectivity index (χ0v) is 13.4. The Hall–Kier alpha value is -1.47. The Morgan fingerprint density at radius 2 is 1.95 bits per heavy atom. The first-order valence-electron chi connectivity index (χ1n) is 7.46. The molecule has 1 saturated heterocycles. The summed E-state index contributed by atoms with van der Waals surface area (Å²) >= 11 is 0. The zero-order chi connectivity index (χ0) is 16.2. The molecule has 1 fully saturated rings. The van der Waals surface area contributed by atoms with E-state index in [-0.39, 0.29) is 23.3 Å². The highest BCUT2D eigenvalue weighted by Crippen LogP contribution is 2.16. The number of rotatable bonds is 5. The Bertz CT molecular complexity index is 625. The lowest BCUT2D eigenvalue weighted by atomic mass is 10.0. The second-order valence-corrected chi connectivity index (χ2v) is 7.36. The molecule has 0 spiro atoms. The van der Waals surface area contributed by atoms with Crippen LogP contribution >= 0.6 is 0 Å². The highest BCUT2D eigenvalue weighted by molar-refractivity contribution is 7.89. The van der Waals surface area contributed by atoms with Crippen molar-refractivity contribution in [2.45, 2.75) is 32.2 Å². The second kappa shape index (κ2) is 7.19. The van der Waals surface area contributed by atoms with Gasteiger partial charge in [0.05, 0.1) is 11.3 Å². The van der Waals surface area contributed by atoms with Gasteiger partial charge in [-0.05, 0) is 31.4 Å². The average Bonchev–Trinajstić information content (AvgIpc) is 2.47. The molecule has 0 saturated carbocycles. The van der Waals surface area contributed by atoms with Gasteiger partial charge < -0.3 is 4.90 Å². The van der Waals surface area contributed by atoms with Crippen LogP contribution in [0, 0.1) is 5.82 Å². The minimum Gasteiger partial charge on any atom is -0.338 e. The van der Waals surface area contributed by atoms with E-state index in [9.17, 15) is 17.6 Å². The molecule has 0 atom stereocenters. The quantitative estimate of drug-likeness (QED) is 0.896. The average molecular weight is 328 g/mol. The maximum absolute atomic E-state index is 13.6. The third-order valence-electron chi connectivity index (χ3n) is 3.71. The van der Waals surface area contributed by atoms with Gasteiger partial charge in [0.2, 0.25) is 10.0 Å². The smallest absolute Gasteiger partial charge is 0.256 e. The molecule has 5 nitrogen and oxygen atoms in total. The number of halogens is 1. The lowest BCUT2D eigenvalue weighted by Crippen LogP contribution is -2.47. The molecule has 1 aromatic rings. The Morgan fingerprint density at radius 1 is 1.32 bits per heavy atom. The van der Waals surface area contributed by atoms with Crippen LogP contribution in [0.15, 0.2) is 24.3 Å². The van der Waals surface area contributed by atoms with Gasteiger partial charge in [-0.15, -0.1) is 0 Å². The van der Waals surface area contributed by atoms with Crippen LogP contribution in [0.3, 0.4) is 0 Å². The summed E-state index contributed by atoms with van der Waals surface area (Å²) in [6.07, 6.45) is 1.66. The summed E-state index contributed by atoms with van der Waals surface area (Å²) in [6, 6.07) is 5.75. The molecule has 0 unspecified atom stereocenters. The van der Waals surface area contributed by atoms with Gasteiger partial charge in [-0.25, -0.2) is 17.5 Å². The summed E-state index contributed by atoms with van der Waals surface area (Å²) in [5, 5.41) is 0. The van der Waals surface area contributed by atoms with Crippen molar-refractivity contribution in [2.24, 2.45) is 0 Å². The van der Waals surface area contributed by atoms with Crippen LogP contribution < -0.4 is 4.72 Å². The highest BCUT2D eigenvalue weighted by atomic mass is 32.2. The van der Waals surface area contributed by atoms with E-state index in [1.54, 1.807) is 17.0 Å². The van der Waals surface area contributed by atoms with E-state index < -0.39 is 15.8 Å². The highest BCUT2D eigenvalue weighted by Gasteiger charge is 2.27. The molecule has 1 aliphatic heterocycles. The van der Waals surface area contributed by atoms with Gasteiger partial charge in [0.1, 0.15) is 5.82 Å². The van der Waals surface area contributed by atoms with Crippen LogP contribution in [0.25, 0.3) is 0 Å². The van der Waals surface area contributed by atoms with Crippen molar-refractivity contribution >= 4 is 15.9 Å². The first-order chi connectivity index (χ1) is 10.4. The summed E-state index contributed by atoms with van der Waals surface area (Å²) in [7, 11) is -3.24. The minimum atomic E-state index is -3.24. The Morgan fingerprint density at radius 3 is 2.55 bits per heavy atom. The molecule has 1 amide bonds. The fraction of sp³-hybridized carbons (Fsp3) is 0.533. The number of carbonyl (C=O) groups is 1. The molecular formula is C15H21FN2O3S. The predicted molar refractivity (Wildman–Crippen MR) is 82.5 cm³/mol. The van der Waals surface area contributed by atoms with Gasteiger partial charge in [-0.3, -0.25) is 4.79 Å². The molecule has 7 heteroatoms. The summed E-state index contributed by atoms with van der Waals surface area (Å²) in [5.74, 6) is -0.757. The number of nitrogens with zero attached hydrogens (tertiary/aromatic N) is 1. The maximum atomic E-state index is 13.6. The molecular weight excluding hydrogens is 307 g/mol. The van der Waals surface area contributed by atoms with E-state index in [1.165, 1.54) is 12.1 Å². The van der Waals surface area contributed by atoms with Crippen LogP contribution in [0.5, 0.6) is 0 Å². The van der Waals surface area contributed by atoms with Crippen molar-refractivity contribution in [1.29, 1.82) is 0 Å². The Kier molecular flexibility index (Phi) is 5.52. The molecule has 0 aromatic heterocycles. The molecule has 1 aromatic carbocycles. The minimum absolute atomic E-state index is 0.0625. The topological polar surface area (TPSA) is 66.5 Å². The first-order valence-corrected chi connectivity index (χ1v) is 9.12. The van der Waals surface area contributed by atoms with Crippen LogP contribution in [0.2, 0.25) is 0 Å². The number of carbonyl (C=O) groups excluding carboxylic acids is 1. The number of hydrogen-bond acceptors (Lipinski definition) is 3. The van der Waals surface area contributed by atoms with Crippen LogP contribution in [-0.2, 0) is 10.0 Å². The molecule has 0 aliphatic carbocycles. The molecule has 22 heavy (non-hydrogen) atoms. The fourth-order valence-corrected chi connectivity index (χ4v) is 3.99. The number of nitrogens with one attached hydrogen (secondary N) is 1. The van der Waals surface area contributed by atoms with Crippen LogP contribution in [-0.4, -0.2) is 44.1 Å². The standard InChI is InChI=1S/C15H21FN2O3S/c1-2-11-22(20,21)17-12-7-9-18(10-8-12)15(19)13-5-3-4-6-14(13)16/h3-6,12,17H,2,7-11H2,1H3. The molecule has 0 bridgehead atoms. The maximum Gasteiger partial charge on any atom is 0.256 e. The summed E-state index contributed by atoms with van der Waals surface area (Å²) in [6.45, 7) is 2.66. The molecule has 1 aliphatic rings. The number of benzene rings is 1. The molecule has 2 rings (SSSR count). The van der Waals surface area contributed by atoms with Gasteiger partial charge in [0.15, 0.2) is 0 Å². The number of sulfonamides is 1. The van der Waals surface area contributed by atoms with E-state index in [0.717, 1.165) is 0 Å². The van der Waals surface area contributed by atoms with Gasteiger partial charge in [-0.2, -0.15) is 0 Å². The van der Waals surface area contributed by atoms with Crippen LogP contribution in [0.1, 0.15) is 36.5 Å². The number of hydrogen-bond donors (Lipinski definition) is 1. The van der Waals surface area contributed by atoms with Gasteiger partial charge in [0.25, 0.3) is 5.91 Å². The molecule has 0 radical (unpaired) electrons. The monoisotopic (exact) mass is 328 g/mol. The first kappa shape index (κ1) is 16.9. The van der Waals surface area contributed by atoms with Gasteiger partial charge in [-0.1, -0.05) is 19.1 Å². The predicted octanol–water partition coefficient (Wildman–Crippen LogP) is 1.76. The van der Waals surface area contributed by atoms with E-state index in [1.807, 2.05) is 6.92 Å². The van der Waals surface area contributed by atoms with Crippen molar-refractivity contribution in [3.63, 3.8) is 0 Å². The normalized spacial score (nSPS) is 16.7. The van der Waals surface area contributed by atoms with E-state index in [2.05, 4.69) is 4.72 Å². The Labute approximate surface area is 130 Å². The van der Waals surface area contributed by atoms with Crippen molar-refractivity contribution in [3.05, 3.63) is 35.6 Å². The third kappa shape index (κ3) is 4.27. The lowest BCUT2D eigenvalue weighted by Gasteiger charge is -2.32. The lowest BCUT2D eigenvalue weighted by molar-refractivity contribution is 0.0706. The molecule has 1 N–H and O–H groups in total. The van der Waals surface area contributed by atoms with Crippen molar-refractivity contribution < 1.29 is 17.6 Å². The number of piperidine rings is 1. The van der Waals surface area contributed by atoms with E-state index in [0.29, 0.717) is 32.4 Å². The largest absolute Gasteiger partial charge is 0.338 e. The van der Waals surface area contributed by atoms with Crippen molar-refractivity contribution in [2.75, 3.05) is 18.8 Å². The summed E-state index contributed by atoms with van der Waals surface area (Å²) in [5.41, 5.74) is 0.0625. The Balaban J connectivity index is 1.92. The van der Waals surface area contributed by atoms with E-state index >= 15 is 0 Å². The third-order valence-corrected chi connectivity index (χ3v) is 5.34. The summed E-state index contributed by atoms with van der Waals surface area (Å²) < 4.78 is 39.8. The van der Waals surface area contributed by atoms with Gasteiger partial charge in [0, 0.05) is 19.1 Å². The SMILES string of the molecule is CCCS(=O)(=O)NC1CCN(C(=O)c2ccccc2F)CC1. The zero-order valence-electron chi connectivity index (χ0n) is 12.6. The van der Waals surface area contributed by atoms with Gasteiger partial charge >= 0.3 is 0 Å². The second-order valence-electron chi connectivity index (χ2n) is 5.48. The number of amides is 1. The number of likely N-dealkylation sites (tertiary alicyclic amines) is 1. The van der Waals surface area contributed by atoms with Crippen molar-refractivity contribution in [3.8, 4) is 0 Å². The van der Waals surface area contributed by atoms with E-state index in [4.69, 9.17) is 0 Å². The fourth-order valence-electron chi connectivity index (χ4n) is 2.59. The molecule has 122 valence electrons. The molecule has 1 heterocycles. The van der Waals surface area contributed by atoms with Crippen molar-refractivity contribution in [1.82, 2.24) is 9.62 Å².